The van der Waals surface area contributed by atoms with Gasteiger partial charge in [-0.05, 0) is 42.3 Å². The van der Waals surface area contributed by atoms with E-state index in [1.807, 2.05) is 6.07 Å². The number of hydrogen-bond acceptors (Lipinski definition) is 2. The van der Waals surface area contributed by atoms with Gasteiger partial charge in [0.15, 0.2) is 5.78 Å². The monoisotopic (exact) mass is 256 g/mol. The zero-order valence-corrected chi connectivity index (χ0v) is 10.6. The Hall–Kier alpha value is -2.16. The number of hydrogen-bond donors (Lipinski definition) is 0. The summed E-state index contributed by atoms with van der Waals surface area (Å²) in [6, 6.07) is 9.94. The molecule has 0 amide bonds. The number of rotatable bonds is 2. The summed E-state index contributed by atoms with van der Waals surface area (Å²) in [5.74, 6) is 0.329. The third kappa shape index (κ3) is 2.12. The maximum Gasteiger partial charge on any atom is 0.193 e. The Balaban J connectivity index is 1.97. The molecule has 3 heteroatoms. The van der Waals surface area contributed by atoms with Crippen molar-refractivity contribution in [2.24, 2.45) is 0 Å². The van der Waals surface area contributed by atoms with Crippen LogP contribution in [-0.2, 0) is 6.42 Å². The van der Waals surface area contributed by atoms with Gasteiger partial charge in [0.25, 0.3) is 0 Å². The summed E-state index contributed by atoms with van der Waals surface area (Å²) in [5.41, 5.74) is 2.53. The molecule has 2 nitrogen and oxygen atoms in total. The minimum absolute atomic E-state index is 0.159. The van der Waals surface area contributed by atoms with Crippen LogP contribution in [0.3, 0.4) is 0 Å². The van der Waals surface area contributed by atoms with Gasteiger partial charge in [-0.2, -0.15) is 0 Å². The average molecular weight is 256 g/mol. The molecule has 19 heavy (non-hydrogen) atoms. The lowest BCUT2D eigenvalue weighted by Crippen LogP contribution is -2.02. The van der Waals surface area contributed by atoms with Crippen LogP contribution in [0.15, 0.2) is 36.4 Å². The molecule has 0 atom stereocenters. The van der Waals surface area contributed by atoms with Gasteiger partial charge in [0, 0.05) is 17.5 Å². The van der Waals surface area contributed by atoms with E-state index in [1.165, 1.54) is 6.07 Å². The number of aryl methyl sites for hydroxylation is 1. The van der Waals surface area contributed by atoms with Crippen LogP contribution in [0.25, 0.3) is 0 Å². The molecule has 0 saturated carbocycles. The fourth-order valence-electron chi connectivity index (χ4n) is 2.23. The second-order valence-electron chi connectivity index (χ2n) is 4.71. The molecule has 0 saturated heterocycles. The van der Waals surface area contributed by atoms with Crippen molar-refractivity contribution in [2.75, 3.05) is 6.61 Å². The Morgan fingerprint density at radius 1 is 1.16 bits per heavy atom. The number of halogens is 1. The van der Waals surface area contributed by atoms with Gasteiger partial charge in [-0.1, -0.05) is 12.1 Å². The molecule has 3 rings (SSSR count). The molecule has 0 aromatic heterocycles. The van der Waals surface area contributed by atoms with Crippen molar-refractivity contribution in [2.45, 2.75) is 13.3 Å². The lowest BCUT2D eigenvalue weighted by atomic mass is 9.99. The van der Waals surface area contributed by atoms with Crippen LogP contribution < -0.4 is 4.74 Å². The molecule has 1 aliphatic rings. The summed E-state index contributed by atoms with van der Waals surface area (Å²) >= 11 is 0. The highest BCUT2D eigenvalue weighted by Gasteiger charge is 2.16. The first-order valence-corrected chi connectivity index (χ1v) is 6.22. The van der Waals surface area contributed by atoms with Crippen LogP contribution in [0.2, 0.25) is 0 Å². The molecular formula is C16H13FO2. The van der Waals surface area contributed by atoms with Gasteiger partial charge in [0.1, 0.15) is 11.6 Å². The van der Waals surface area contributed by atoms with Gasteiger partial charge in [0.2, 0.25) is 0 Å². The highest BCUT2D eigenvalue weighted by Crippen LogP contribution is 2.27. The van der Waals surface area contributed by atoms with Crippen molar-refractivity contribution in [3.8, 4) is 5.75 Å². The number of ether oxygens (including phenoxy) is 1. The van der Waals surface area contributed by atoms with Gasteiger partial charge < -0.3 is 4.74 Å². The maximum absolute atomic E-state index is 13.5. The van der Waals surface area contributed by atoms with Crippen LogP contribution in [0.5, 0.6) is 5.75 Å². The largest absolute Gasteiger partial charge is 0.493 e. The summed E-state index contributed by atoms with van der Waals surface area (Å²) in [7, 11) is 0. The predicted octanol–water partition coefficient (Wildman–Crippen LogP) is 3.30. The fourth-order valence-corrected chi connectivity index (χ4v) is 2.23. The molecule has 0 spiro atoms. The quantitative estimate of drug-likeness (QED) is 0.771. The van der Waals surface area contributed by atoms with E-state index >= 15 is 0 Å². The predicted molar refractivity (Wildman–Crippen MR) is 70.2 cm³/mol. The molecule has 0 radical (unpaired) electrons. The van der Waals surface area contributed by atoms with Crippen LogP contribution >= 0.6 is 0 Å². The standard InChI is InChI=1S/C16H13FO2/c1-10-2-3-13(9-14(10)17)16(18)12-4-5-15-11(8-12)6-7-19-15/h2-5,8-9H,6-7H2,1H3. The summed E-state index contributed by atoms with van der Waals surface area (Å²) in [6.45, 7) is 2.34. The Labute approximate surface area is 110 Å². The normalized spacial score (nSPS) is 12.9. The first-order valence-electron chi connectivity index (χ1n) is 6.22. The highest BCUT2D eigenvalue weighted by atomic mass is 19.1. The SMILES string of the molecule is Cc1ccc(C(=O)c2ccc3c(c2)CCO3)cc1F. The second-order valence-corrected chi connectivity index (χ2v) is 4.71. The summed E-state index contributed by atoms with van der Waals surface area (Å²) in [6.07, 6.45) is 0.818. The molecule has 0 aliphatic carbocycles. The Morgan fingerprint density at radius 3 is 2.68 bits per heavy atom. The summed E-state index contributed by atoms with van der Waals surface area (Å²) in [5, 5.41) is 0. The van der Waals surface area contributed by atoms with E-state index in [0.29, 0.717) is 23.3 Å². The Morgan fingerprint density at radius 2 is 1.89 bits per heavy atom. The lowest BCUT2D eigenvalue weighted by Gasteiger charge is -2.05. The van der Waals surface area contributed by atoms with Crippen molar-refractivity contribution in [3.63, 3.8) is 0 Å². The van der Waals surface area contributed by atoms with Gasteiger partial charge in [-0.25, -0.2) is 4.39 Å². The zero-order valence-electron chi connectivity index (χ0n) is 10.6. The maximum atomic E-state index is 13.5. The van der Waals surface area contributed by atoms with Crippen molar-refractivity contribution >= 4 is 5.78 Å². The molecule has 0 bridgehead atoms. The molecule has 0 unspecified atom stereocenters. The van der Waals surface area contributed by atoms with Crippen LogP contribution in [-0.4, -0.2) is 12.4 Å². The molecule has 0 fully saturated rings. The van der Waals surface area contributed by atoms with E-state index in [-0.39, 0.29) is 11.6 Å². The molecular weight excluding hydrogens is 243 g/mol. The number of carbonyl (C=O) groups excluding carboxylic acids is 1. The first-order chi connectivity index (χ1) is 9.15. The first kappa shape index (κ1) is 11.9. The van der Waals surface area contributed by atoms with Gasteiger partial charge in [0.05, 0.1) is 6.61 Å². The molecule has 1 heterocycles. The Kier molecular flexibility index (Phi) is 2.82. The third-order valence-corrected chi connectivity index (χ3v) is 3.39. The molecule has 0 N–H and O–H groups in total. The zero-order chi connectivity index (χ0) is 13.4. The van der Waals surface area contributed by atoms with Crippen LogP contribution in [0, 0.1) is 12.7 Å². The van der Waals surface area contributed by atoms with Gasteiger partial charge in [-0.3, -0.25) is 4.79 Å². The molecule has 2 aromatic rings. The number of fused-ring (bicyclic) bond motifs is 1. The van der Waals surface area contributed by atoms with Crippen molar-refractivity contribution in [3.05, 3.63) is 64.5 Å². The van der Waals surface area contributed by atoms with E-state index < -0.39 is 0 Å². The summed E-state index contributed by atoms with van der Waals surface area (Å²) in [4.78, 5) is 12.3. The van der Waals surface area contributed by atoms with E-state index in [2.05, 4.69) is 0 Å². The van der Waals surface area contributed by atoms with Gasteiger partial charge >= 0.3 is 0 Å². The van der Waals surface area contributed by atoms with E-state index in [0.717, 1.165) is 17.7 Å². The minimum Gasteiger partial charge on any atom is -0.493 e. The number of ketones is 1. The van der Waals surface area contributed by atoms with E-state index in [1.54, 1.807) is 31.2 Å². The van der Waals surface area contributed by atoms with Crippen LogP contribution in [0.4, 0.5) is 4.39 Å². The van der Waals surface area contributed by atoms with Crippen molar-refractivity contribution < 1.29 is 13.9 Å². The van der Waals surface area contributed by atoms with Crippen LogP contribution in [0.1, 0.15) is 27.0 Å². The van der Waals surface area contributed by atoms with E-state index in [9.17, 15) is 9.18 Å². The molecule has 96 valence electrons. The van der Waals surface area contributed by atoms with E-state index in [4.69, 9.17) is 4.74 Å². The fraction of sp³-hybridized carbons (Fsp3) is 0.188. The Bertz CT molecular complexity index is 662. The smallest absolute Gasteiger partial charge is 0.193 e. The molecule has 2 aromatic carbocycles. The average Bonchev–Trinajstić information content (AvgIpc) is 2.88. The third-order valence-electron chi connectivity index (χ3n) is 3.39. The van der Waals surface area contributed by atoms with Crippen molar-refractivity contribution in [1.82, 2.24) is 0 Å². The number of benzene rings is 2. The lowest BCUT2D eigenvalue weighted by molar-refractivity contribution is 0.103. The highest BCUT2D eigenvalue weighted by molar-refractivity contribution is 6.09. The molecule has 1 aliphatic heterocycles. The second kappa shape index (κ2) is 4.50. The van der Waals surface area contributed by atoms with Crippen molar-refractivity contribution in [1.29, 1.82) is 0 Å². The van der Waals surface area contributed by atoms with Gasteiger partial charge in [-0.15, -0.1) is 0 Å². The number of carbonyl (C=O) groups is 1. The summed E-state index contributed by atoms with van der Waals surface area (Å²) < 4.78 is 18.9. The minimum atomic E-state index is -0.352. The topological polar surface area (TPSA) is 26.3 Å².